The zero-order valence-corrected chi connectivity index (χ0v) is 23.4. The lowest BCUT2D eigenvalue weighted by Gasteiger charge is -2.25. The Balaban J connectivity index is 1.75. The number of carboxylic acids is 1. The summed E-state index contributed by atoms with van der Waals surface area (Å²) >= 11 is 0. The molecule has 0 aliphatic rings. The fraction of sp³-hybridized carbons (Fsp3) is 0.370. The molecule has 0 radical (unpaired) electrons. The average Bonchev–Trinajstić information content (AvgIpc) is 3.68. The van der Waals surface area contributed by atoms with Crippen molar-refractivity contribution in [2.24, 2.45) is 22.2 Å². The Morgan fingerprint density at radius 3 is 1.98 bits per heavy atom. The molecule has 0 bridgehead atoms. The maximum atomic E-state index is 13.5. The van der Waals surface area contributed by atoms with E-state index >= 15 is 0 Å². The number of benzene rings is 1. The van der Waals surface area contributed by atoms with E-state index in [1.165, 1.54) is 25.0 Å². The molecular weight excluding hydrogens is 558 g/mol. The van der Waals surface area contributed by atoms with Crippen molar-refractivity contribution in [1.82, 2.24) is 35.9 Å². The number of aromatic amines is 2. The maximum absolute atomic E-state index is 13.5. The fourth-order valence-electron chi connectivity index (χ4n) is 4.20. The van der Waals surface area contributed by atoms with Gasteiger partial charge in [0.1, 0.15) is 18.1 Å². The highest BCUT2D eigenvalue weighted by atomic mass is 16.4. The highest BCUT2D eigenvalue weighted by molar-refractivity contribution is 5.94. The number of hydrogen-bond donors (Lipinski definition) is 9. The first-order valence-corrected chi connectivity index (χ1v) is 13.6. The maximum Gasteiger partial charge on any atom is 0.326 e. The third kappa shape index (κ3) is 10.9. The number of guanidine groups is 1. The number of imidazole rings is 2. The fourth-order valence-corrected chi connectivity index (χ4v) is 4.20. The van der Waals surface area contributed by atoms with E-state index in [0.29, 0.717) is 23.4 Å². The smallest absolute Gasteiger partial charge is 0.326 e. The lowest BCUT2D eigenvalue weighted by Crippen LogP contribution is -2.58. The van der Waals surface area contributed by atoms with Crippen LogP contribution in [0.25, 0.3) is 0 Å². The largest absolute Gasteiger partial charge is 0.480 e. The molecule has 3 aromatic rings. The van der Waals surface area contributed by atoms with Gasteiger partial charge in [-0.2, -0.15) is 0 Å². The number of aliphatic imine (C=N–C) groups is 1. The summed E-state index contributed by atoms with van der Waals surface area (Å²) in [4.78, 5) is 69.3. The number of carbonyl (C=O) groups excluding carboxylic acids is 3. The molecule has 2 heterocycles. The summed E-state index contributed by atoms with van der Waals surface area (Å²) in [5.74, 6) is -3.37. The van der Waals surface area contributed by atoms with E-state index < -0.39 is 47.9 Å². The SMILES string of the molecule is NC(N)=NCCCC(NC(=O)C(Cc1cnc[nH]1)NC(=O)C(N)Cc1cnc[nH]1)C(=O)NC(Cc1ccccc1)C(=O)O. The number of aromatic nitrogens is 4. The highest BCUT2D eigenvalue weighted by Crippen LogP contribution is 2.08. The van der Waals surface area contributed by atoms with Crippen LogP contribution in [0.1, 0.15) is 29.8 Å². The van der Waals surface area contributed by atoms with Gasteiger partial charge in [0.25, 0.3) is 0 Å². The van der Waals surface area contributed by atoms with Gasteiger partial charge in [-0.15, -0.1) is 0 Å². The van der Waals surface area contributed by atoms with Gasteiger partial charge in [-0.25, -0.2) is 14.8 Å². The molecule has 3 amide bonds. The molecule has 230 valence electrons. The van der Waals surface area contributed by atoms with E-state index in [-0.39, 0.29) is 38.2 Å². The van der Waals surface area contributed by atoms with Crippen molar-refractivity contribution in [3.8, 4) is 0 Å². The number of rotatable bonds is 17. The molecular formula is C27H37N11O5. The normalized spacial score (nSPS) is 13.6. The minimum atomic E-state index is -1.26. The van der Waals surface area contributed by atoms with Gasteiger partial charge in [0, 0.05) is 49.6 Å². The predicted octanol–water partition coefficient (Wildman–Crippen LogP) is -1.92. The van der Waals surface area contributed by atoms with Gasteiger partial charge in [0.05, 0.1) is 18.7 Å². The molecule has 0 saturated carbocycles. The van der Waals surface area contributed by atoms with Crippen LogP contribution >= 0.6 is 0 Å². The molecule has 0 saturated heterocycles. The second kappa shape index (κ2) is 16.3. The quantitative estimate of drug-likeness (QED) is 0.0474. The van der Waals surface area contributed by atoms with Gasteiger partial charge in [0.2, 0.25) is 17.7 Å². The number of carboxylic acid groups (broad SMARTS) is 1. The number of carbonyl (C=O) groups is 4. The van der Waals surface area contributed by atoms with E-state index in [1.54, 1.807) is 30.3 Å². The zero-order valence-electron chi connectivity index (χ0n) is 23.4. The van der Waals surface area contributed by atoms with Crippen molar-refractivity contribution in [2.45, 2.75) is 56.3 Å². The van der Waals surface area contributed by atoms with E-state index in [9.17, 15) is 24.3 Å². The van der Waals surface area contributed by atoms with Crippen LogP contribution in [-0.2, 0) is 38.4 Å². The van der Waals surface area contributed by atoms with Gasteiger partial charge in [-0.3, -0.25) is 19.4 Å². The van der Waals surface area contributed by atoms with Gasteiger partial charge in [-0.1, -0.05) is 30.3 Å². The number of hydrogen-bond acceptors (Lipinski definition) is 8. The number of amides is 3. The first-order chi connectivity index (χ1) is 20.6. The lowest BCUT2D eigenvalue weighted by molar-refractivity contribution is -0.142. The minimum Gasteiger partial charge on any atom is -0.480 e. The molecule has 0 fully saturated rings. The van der Waals surface area contributed by atoms with Crippen molar-refractivity contribution >= 4 is 29.7 Å². The first-order valence-electron chi connectivity index (χ1n) is 13.6. The molecule has 4 unspecified atom stereocenters. The molecule has 16 nitrogen and oxygen atoms in total. The highest BCUT2D eigenvalue weighted by Gasteiger charge is 2.31. The van der Waals surface area contributed by atoms with Gasteiger partial charge < -0.3 is 48.2 Å². The number of nitrogens with zero attached hydrogens (tertiary/aromatic N) is 3. The molecule has 12 N–H and O–H groups in total. The summed E-state index contributed by atoms with van der Waals surface area (Å²) in [6.45, 7) is 0.172. The Kier molecular flexibility index (Phi) is 12.2. The van der Waals surface area contributed by atoms with Crippen LogP contribution in [0.3, 0.4) is 0 Å². The Morgan fingerprint density at radius 2 is 1.40 bits per heavy atom. The molecule has 1 aromatic carbocycles. The monoisotopic (exact) mass is 595 g/mol. The van der Waals surface area contributed by atoms with Crippen LogP contribution in [0.4, 0.5) is 0 Å². The second-order valence-electron chi connectivity index (χ2n) is 9.83. The van der Waals surface area contributed by atoms with E-state index in [0.717, 1.165) is 0 Å². The van der Waals surface area contributed by atoms with Crippen LogP contribution in [0.5, 0.6) is 0 Å². The molecule has 16 heteroatoms. The minimum absolute atomic E-state index is 0.0163. The molecule has 0 spiro atoms. The molecule has 2 aromatic heterocycles. The first kappa shape index (κ1) is 32.3. The summed E-state index contributed by atoms with van der Waals surface area (Å²) in [7, 11) is 0. The average molecular weight is 596 g/mol. The zero-order chi connectivity index (χ0) is 31.2. The molecule has 43 heavy (non-hydrogen) atoms. The number of H-pyrrole nitrogens is 2. The number of nitrogens with two attached hydrogens (primary N) is 3. The standard InChI is InChI=1S/C27H37N11O5/c28-19(10-17-12-31-14-34-17)23(39)37-21(11-18-13-32-15-35-18)25(41)36-20(7-4-8-33-27(29)30)24(40)38-22(26(42)43)9-16-5-2-1-3-6-16/h1-3,5-6,12-15,19-22H,4,7-11,28H2,(H,31,34)(H,32,35)(H,36,41)(H,37,39)(H,38,40)(H,42,43)(H4,29,30,33). The number of aliphatic carboxylic acids is 1. The van der Waals surface area contributed by atoms with Crippen molar-refractivity contribution in [3.05, 3.63) is 72.3 Å². The third-order valence-corrected chi connectivity index (χ3v) is 6.42. The summed E-state index contributed by atoms with van der Waals surface area (Å²) in [6, 6.07) is 4.25. The van der Waals surface area contributed by atoms with Gasteiger partial charge in [-0.05, 0) is 18.4 Å². The van der Waals surface area contributed by atoms with E-state index in [2.05, 4.69) is 40.9 Å². The summed E-state index contributed by atoms with van der Waals surface area (Å²) < 4.78 is 0. The molecule has 0 aliphatic heterocycles. The second-order valence-corrected chi connectivity index (χ2v) is 9.83. The van der Waals surface area contributed by atoms with Crippen molar-refractivity contribution < 1.29 is 24.3 Å². The van der Waals surface area contributed by atoms with E-state index in [1.807, 2.05) is 0 Å². The summed E-state index contributed by atoms with van der Waals surface area (Å²) in [5.41, 5.74) is 18.7. The van der Waals surface area contributed by atoms with Crippen LogP contribution in [0, 0.1) is 0 Å². The molecule has 0 aliphatic carbocycles. The van der Waals surface area contributed by atoms with Gasteiger partial charge >= 0.3 is 5.97 Å². The molecule has 4 atom stereocenters. The Bertz CT molecular complexity index is 1340. The van der Waals surface area contributed by atoms with Crippen molar-refractivity contribution in [1.29, 1.82) is 0 Å². The van der Waals surface area contributed by atoms with Crippen molar-refractivity contribution in [3.63, 3.8) is 0 Å². The van der Waals surface area contributed by atoms with Gasteiger partial charge in [0.15, 0.2) is 5.96 Å². The Labute approximate surface area is 247 Å². The lowest BCUT2D eigenvalue weighted by atomic mass is 10.0. The van der Waals surface area contributed by atoms with Crippen LogP contribution in [0.2, 0.25) is 0 Å². The topological polar surface area (TPSA) is 272 Å². The van der Waals surface area contributed by atoms with Crippen LogP contribution in [0.15, 0.2) is 60.4 Å². The number of nitrogens with one attached hydrogen (secondary N) is 5. The van der Waals surface area contributed by atoms with E-state index in [4.69, 9.17) is 17.2 Å². The van der Waals surface area contributed by atoms with Crippen molar-refractivity contribution in [2.75, 3.05) is 6.54 Å². The third-order valence-electron chi connectivity index (χ3n) is 6.42. The summed E-state index contributed by atoms with van der Waals surface area (Å²) in [5, 5.41) is 17.6. The predicted molar refractivity (Wildman–Crippen MR) is 156 cm³/mol. The van der Waals surface area contributed by atoms with Crippen LogP contribution < -0.4 is 33.2 Å². The van der Waals surface area contributed by atoms with Crippen LogP contribution in [-0.4, -0.2) is 85.4 Å². The Morgan fingerprint density at radius 1 is 0.814 bits per heavy atom. The summed E-state index contributed by atoms with van der Waals surface area (Å²) in [6.07, 6.45) is 6.49. The molecule has 3 rings (SSSR count). The Hall–Kier alpha value is -5.25.